The van der Waals surface area contributed by atoms with Crippen LogP contribution in [0.15, 0.2) is 18.3 Å². The zero-order valence-electron chi connectivity index (χ0n) is 13.1. The molecule has 1 N–H and O–H groups in total. The molecule has 0 amide bonds. The first-order valence-electron chi connectivity index (χ1n) is 7.31. The van der Waals surface area contributed by atoms with Gasteiger partial charge in [-0.2, -0.15) is 0 Å². The number of hydrogen-bond donors (Lipinski definition) is 1. The lowest BCUT2D eigenvalue weighted by Crippen LogP contribution is -2.08. The van der Waals surface area contributed by atoms with Gasteiger partial charge in [0, 0.05) is 36.4 Å². The van der Waals surface area contributed by atoms with Crippen molar-refractivity contribution >= 4 is 5.82 Å². The molecule has 0 aliphatic heterocycles. The smallest absolute Gasteiger partial charge is 0.213 e. The fourth-order valence-electron chi connectivity index (χ4n) is 2.19. The summed E-state index contributed by atoms with van der Waals surface area (Å²) >= 11 is 0. The van der Waals surface area contributed by atoms with Gasteiger partial charge in [0.2, 0.25) is 5.88 Å². The van der Waals surface area contributed by atoms with Gasteiger partial charge in [-0.15, -0.1) is 0 Å². The van der Waals surface area contributed by atoms with Crippen LogP contribution in [-0.4, -0.2) is 28.6 Å². The third-order valence-corrected chi connectivity index (χ3v) is 3.23. The van der Waals surface area contributed by atoms with Gasteiger partial charge in [-0.3, -0.25) is 0 Å². The van der Waals surface area contributed by atoms with Crippen molar-refractivity contribution in [1.29, 1.82) is 0 Å². The van der Waals surface area contributed by atoms with Gasteiger partial charge in [0.05, 0.1) is 12.8 Å². The van der Waals surface area contributed by atoms with Gasteiger partial charge in [0.1, 0.15) is 11.6 Å². The molecule has 0 radical (unpaired) electrons. The van der Waals surface area contributed by atoms with Crippen LogP contribution in [0.2, 0.25) is 0 Å². The predicted octanol–water partition coefficient (Wildman–Crippen LogP) is 3.24. The van der Waals surface area contributed by atoms with E-state index in [1.54, 1.807) is 13.3 Å². The first-order chi connectivity index (χ1) is 10.2. The molecule has 0 unspecified atom stereocenters. The highest BCUT2D eigenvalue weighted by Gasteiger charge is 2.13. The summed E-state index contributed by atoms with van der Waals surface area (Å²) in [4.78, 5) is 13.5. The minimum absolute atomic E-state index is 0.590. The number of methoxy groups -OCH3 is 1. The number of nitrogens with zero attached hydrogens (tertiary/aromatic N) is 3. The average Bonchev–Trinajstić information content (AvgIpc) is 2.51. The maximum atomic E-state index is 5.20. The molecular weight excluding hydrogens is 264 g/mol. The van der Waals surface area contributed by atoms with Crippen molar-refractivity contribution in [3.8, 4) is 17.1 Å². The van der Waals surface area contributed by atoms with Crippen molar-refractivity contribution in [2.45, 2.75) is 33.6 Å². The third kappa shape index (κ3) is 3.48. The Morgan fingerprint density at radius 2 is 2.05 bits per heavy atom. The van der Waals surface area contributed by atoms with Gasteiger partial charge in [0.15, 0.2) is 0 Å². The Labute approximate surface area is 125 Å². The maximum absolute atomic E-state index is 5.20. The molecule has 0 aliphatic carbocycles. The molecule has 0 aromatic carbocycles. The molecule has 0 spiro atoms. The van der Waals surface area contributed by atoms with E-state index < -0.39 is 0 Å². The van der Waals surface area contributed by atoms with Crippen LogP contribution in [0.25, 0.3) is 11.3 Å². The summed E-state index contributed by atoms with van der Waals surface area (Å²) in [5, 5.41) is 3.32. The normalized spacial score (nSPS) is 10.5. The van der Waals surface area contributed by atoms with E-state index in [1.807, 2.05) is 19.1 Å². The SMILES string of the molecule is CCCc1nc(NCC)c(C)c(-c2ccnc(OC)c2)n1. The Kier molecular flexibility index (Phi) is 5.09. The van der Waals surface area contributed by atoms with Crippen LogP contribution in [0.1, 0.15) is 31.7 Å². The number of ether oxygens (including phenoxy) is 1. The van der Waals surface area contributed by atoms with E-state index in [1.165, 1.54) is 0 Å². The van der Waals surface area contributed by atoms with Crippen LogP contribution < -0.4 is 10.1 Å². The summed E-state index contributed by atoms with van der Waals surface area (Å²) in [5.41, 5.74) is 2.98. The van der Waals surface area contributed by atoms with Crippen LogP contribution in [-0.2, 0) is 6.42 Å². The van der Waals surface area contributed by atoms with E-state index in [-0.39, 0.29) is 0 Å². The molecule has 5 nitrogen and oxygen atoms in total. The highest BCUT2D eigenvalue weighted by molar-refractivity contribution is 5.68. The molecule has 112 valence electrons. The lowest BCUT2D eigenvalue weighted by atomic mass is 10.1. The molecular formula is C16H22N4O. The number of hydrogen-bond acceptors (Lipinski definition) is 5. The van der Waals surface area contributed by atoms with Crippen molar-refractivity contribution in [3.63, 3.8) is 0 Å². The summed E-state index contributed by atoms with van der Waals surface area (Å²) in [5.74, 6) is 2.36. The van der Waals surface area contributed by atoms with Gasteiger partial charge in [0.25, 0.3) is 0 Å². The number of pyridine rings is 1. The molecule has 0 atom stereocenters. The monoisotopic (exact) mass is 286 g/mol. The Bertz CT molecular complexity index is 613. The summed E-state index contributed by atoms with van der Waals surface area (Å²) in [6, 6.07) is 3.85. The molecule has 5 heteroatoms. The largest absolute Gasteiger partial charge is 0.481 e. The van der Waals surface area contributed by atoms with Crippen molar-refractivity contribution in [2.24, 2.45) is 0 Å². The van der Waals surface area contributed by atoms with Crippen LogP contribution in [0.4, 0.5) is 5.82 Å². The zero-order valence-corrected chi connectivity index (χ0v) is 13.1. The minimum atomic E-state index is 0.590. The fraction of sp³-hybridized carbons (Fsp3) is 0.438. The predicted molar refractivity (Wildman–Crippen MR) is 84.7 cm³/mol. The highest BCUT2D eigenvalue weighted by Crippen LogP contribution is 2.27. The molecule has 2 rings (SSSR count). The van der Waals surface area contributed by atoms with Gasteiger partial charge in [-0.1, -0.05) is 6.92 Å². The number of anilines is 1. The molecule has 21 heavy (non-hydrogen) atoms. The van der Waals surface area contributed by atoms with Crippen molar-refractivity contribution < 1.29 is 4.74 Å². The second-order valence-corrected chi connectivity index (χ2v) is 4.83. The van der Waals surface area contributed by atoms with Crippen molar-refractivity contribution in [2.75, 3.05) is 19.0 Å². The number of aryl methyl sites for hydroxylation is 1. The number of aromatic nitrogens is 3. The Morgan fingerprint density at radius 3 is 2.71 bits per heavy atom. The van der Waals surface area contributed by atoms with Crippen LogP contribution in [0.5, 0.6) is 5.88 Å². The highest BCUT2D eigenvalue weighted by atomic mass is 16.5. The first-order valence-corrected chi connectivity index (χ1v) is 7.31. The second kappa shape index (κ2) is 7.02. The van der Waals surface area contributed by atoms with Gasteiger partial charge in [-0.05, 0) is 26.3 Å². The lowest BCUT2D eigenvalue weighted by molar-refractivity contribution is 0.398. The van der Waals surface area contributed by atoms with E-state index in [9.17, 15) is 0 Å². The maximum Gasteiger partial charge on any atom is 0.213 e. The molecule has 2 aromatic rings. The molecule has 0 bridgehead atoms. The quantitative estimate of drug-likeness (QED) is 0.883. The topological polar surface area (TPSA) is 59.9 Å². The molecule has 0 aliphatic rings. The fourth-order valence-corrected chi connectivity index (χ4v) is 2.19. The number of rotatable bonds is 6. The van der Waals surface area contributed by atoms with Crippen molar-refractivity contribution in [1.82, 2.24) is 15.0 Å². The zero-order chi connectivity index (χ0) is 15.2. The summed E-state index contributed by atoms with van der Waals surface area (Å²) in [6.07, 6.45) is 3.63. The van der Waals surface area contributed by atoms with Gasteiger partial charge < -0.3 is 10.1 Å². The van der Waals surface area contributed by atoms with Crippen molar-refractivity contribution in [3.05, 3.63) is 29.7 Å². The van der Waals surface area contributed by atoms with Gasteiger partial charge in [-0.25, -0.2) is 15.0 Å². The minimum Gasteiger partial charge on any atom is -0.481 e. The Hall–Kier alpha value is -2.17. The molecule has 0 saturated carbocycles. The van der Waals surface area contributed by atoms with E-state index in [4.69, 9.17) is 9.72 Å². The summed E-state index contributed by atoms with van der Waals surface area (Å²) < 4.78 is 5.20. The molecule has 0 saturated heterocycles. The van der Waals surface area contributed by atoms with Crippen LogP contribution in [0.3, 0.4) is 0 Å². The molecule has 0 fully saturated rings. The first kappa shape index (κ1) is 15.2. The van der Waals surface area contributed by atoms with E-state index in [0.717, 1.165) is 47.8 Å². The number of nitrogens with one attached hydrogen (secondary N) is 1. The molecule has 2 heterocycles. The van der Waals surface area contributed by atoms with Gasteiger partial charge >= 0.3 is 0 Å². The second-order valence-electron chi connectivity index (χ2n) is 4.83. The van der Waals surface area contributed by atoms with E-state index in [2.05, 4.69) is 29.1 Å². The van der Waals surface area contributed by atoms with E-state index >= 15 is 0 Å². The molecule has 2 aromatic heterocycles. The Balaban J connectivity index is 2.54. The average molecular weight is 286 g/mol. The summed E-state index contributed by atoms with van der Waals surface area (Å²) in [6.45, 7) is 7.07. The van der Waals surface area contributed by atoms with E-state index in [0.29, 0.717) is 5.88 Å². The lowest BCUT2D eigenvalue weighted by Gasteiger charge is -2.13. The van der Waals surface area contributed by atoms with Crippen LogP contribution in [0, 0.1) is 6.92 Å². The standard InChI is InChI=1S/C16H22N4O/c1-5-7-13-19-15(11(3)16(20-13)17-6-2)12-8-9-18-14(10-12)21-4/h8-10H,5-7H2,1-4H3,(H,17,19,20). The Morgan fingerprint density at radius 1 is 1.24 bits per heavy atom. The summed E-state index contributed by atoms with van der Waals surface area (Å²) in [7, 11) is 1.62. The van der Waals surface area contributed by atoms with Crippen LogP contribution >= 0.6 is 0 Å². The third-order valence-electron chi connectivity index (χ3n) is 3.23.